The Bertz CT molecular complexity index is 858. The van der Waals surface area contributed by atoms with E-state index >= 15 is 0 Å². The maximum atomic E-state index is 12.4. The lowest BCUT2D eigenvalue weighted by molar-refractivity contribution is -0.131. The lowest BCUT2D eigenvalue weighted by Gasteiger charge is -2.15. The summed E-state index contributed by atoms with van der Waals surface area (Å²) in [5.41, 5.74) is 4.01. The number of sulfone groups is 1. The molecule has 5 nitrogen and oxygen atoms in total. The molecule has 0 atom stereocenters. The van der Waals surface area contributed by atoms with E-state index in [9.17, 15) is 13.2 Å². The molecule has 0 aliphatic carbocycles. The van der Waals surface area contributed by atoms with Gasteiger partial charge >= 0.3 is 0 Å². The first-order chi connectivity index (χ1) is 10.8. The summed E-state index contributed by atoms with van der Waals surface area (Å²) in [6.07, 6.45) is 3.27. The molecule has 1 aromatic carbocycles. The first-order valence-electron chi connectivity index (χ1n) is 7.34. The number of fused-ring (bicyclic) bond motifs is 1. The van der Waals surface area contributed by atoms with E-state index in [1.165, 1.54) is 6.26 Å². The second kappa shape index (κ2) is 5.77. The van der Waals surface area contributed by atoms with Crippen molar-refractivity contribution in [3.63, 3.8) is 0 Å². The predicted octanol–water partition coefficient (Wildman–Crippen LogP) is 1.88. The SMILES string of the molecule is Cc1cc2c(cn1)CN(C(=O)Cc1ccc(S(C)(=O)=O)cc1)C2. The van der Waals surface area contributed by atoms with E-state index in [0.29, 0.717) is 13.1 Å². The minimum atomic E-state index is -3.21. The predicted molar refractivity (Wildman–Crippen MR) is 86.5 cm³/mol. The van der Waals surface area contributed by atoms with Crippen LogP contribution in [0.2, 0.25) is 0 Å². The molecule has 0 saturated heterocycles. The topological polar surface area (TPSA) is 67.3 Å². The molecule has 1 aromatic heterocycles. The number of aryl methyl sites for hydroxylation is 1. The summed E-state index contributed by atoms with van der Waals surface area (Å²) in [4.78, 5) is 18.8. The third-order valence-electron chi connectivity index (χ3n) is 4.00. The molecule has 1 amide bonds. The number of rotatable bonds is 3. The summed E-state index contributed by atoms with van der Waals surface area (Å²) in [7, 11) is -3.21. The molecule has 2 aromatic rings. The van der Waals surface area contributed by atoms with Crippen LogP contribution < -0.4 is 0 Å². The Hall–Kier alpha value is -2.21. The number of nitrogens with zero attached hydrogens (tertiary/aromatic N) is 2. The van der Waals surface area contributed by atoms with E-state index < -0.39 is 9.84 Å². The largest absolute Gasteiger partial charge is 0.334 e. The van der Waals surface area contributed by atoms with Crippen LogP contribution in [0.15, 0.2) is 41.4 Å². The van der Waals surface area contributed by atoms with E-state index in [1.807, 2.05) is 19.2 Å². The normalized spacial score (nSPS) is 13.9. The van der Waals surface area contributed by atoms with Crippen molar-refractivity contribution in [1.82, 2.24) is 9.88 Å². The van der Waals surface area contributed by atoms with Crippen LogP contribution in [0.5, 0.6) is 0 Å². The summed E-state index contributed by atoms with van der Waals surface area (Å²) in [5.74, 6) is 0.0333. The molecular weight excluding hydrogens is 312 g/mol. The third kappa shape index (κ3) is 3.42. The molecule has 0 radical (unpaired) electrons. The number of aromatic nitrogens is 1. The van der Waals surface area contributed by atoms with Gasteiger partial charge in [-0.1, -0.05) is 12.1 Å². The highest BCUT2D eigenvalue weighted by Crippen LogP contribution is 2.23. The minimum Gasteiger partial charge on any atom is -0.334 e. The van der Waals surface area contributed by atoms with Gasteiger partial charge in [-0.05, 0) is 41.8 Å². The van der Waals surface area contributed by atoms with Crippen LogP contribution >= 0.6 is 0 Å². The minimum absolute atomic E-state index is 0.0333. The molecule has 1 aliphatic heterocycles. The van der Waals surface area contributed by atoms with Gasteiger partial charge < -0.3 is 4.90 Å². The quantitative estimate of drug-likeness (QED) is 0.862. The van der Waals surface area contributed by atoms with Gasteiger partial charge in [-0.3, -0.25) is 9.78 Å². The number of benzene rings is 1. The zero-order valence-electron chi connectivity index (χ0n) is 13.1. The lowest BCUT2D eigenvalue weighted by atomic mass is 10.1. The third-order valence-corrected chi connectivity index (χ3v) is 5.13. The number of amides is 1. The van der Waals surface area contributed by atoms with E-state index in [0.717, 1.165) is 22.4 Å². The molecule has 0 spiro atoms. The first-order valence-corrected chi connectivity index (χ1v) is 9.23. The van der Waals surface area contributed by atoms with Crippen LogP contribution in [0.4, 0.5) is 0 Å². The highest BCUT2D eigenvalue weighted by molar-refractivity contribution is 7.90. The van der Waals surface area contributed by atoms with Crippen molar-refractivity contribution >= 4 is 15.7 Å². The Morgan fingerprint density at radius 3 is 2.48 bits per heavy atom. The van der Waals surface area contributed by atoms with Gasteiger partial charge in [0.1, 0.15) is 0 Å². The van der Waals surface area contributed by atoms with Crippen molar-refractivity contribution in [3.8, 4) is 0 Å². The zero-order valence-corrected chi connectivity index (χ0v) is 13.9. The van der Waals surface area contributed by atoms with Crippen LogP contribution in [-0.2, 0) is 34.1 Å². The Kier molecular flexibility index (Phi) is 3.93. The van der Waals surface area contributed by atoms with Crippen LogP contribution in [0, 0.1) is 6.92 Å². The van der Waals surface area contributed by atoms with Gasteiger partial charge in [0.15, 0.2) is 9.84 Å². The average Bonchev–Trinajstić information content (AvgIpc) is 2.90. The number of pyridine rings is 1. The van der Waals surface area contributed by atoms with E-state index in [4.69, 9.17) is 0 Å². The number of carbonyl (C=O) groups is 1. The number of hydrogen-bond acceptors (Lipinski definition) is 4. The Morgan fingerprint density at radius 2 is 1.83 bits per heavy atom. The first kappa shape index (κ1) is 15.7. The average molecular weight is 330 g/mol. The van der Waals surface area contributed by atoms with E-state index in [-0.39, 0.29) is 17.2 Å². The Labute approximate surface area is 135 Å². The maximum absolute atomic E-state index is 12.4. The molecule has 23 heavy (non-hydrogen) atoms. The molecule has 0 fully saturated rings. The summed E-state index contributed by atoms with van der Waals surface area (Å²) >= 11 is 0. The van der Waals surface area contributed by atoms with Gasteiger partial charge in [-0.2, -0.15) is 0 Å². The molecule has 0 unspecified atom stereocenters. The smallest absolute Gasteiger partial charge is 0.227 e. The maximum Gasteiger partial charge on any atom is 0.227 e. The van der Waals surface area contributed by atoms with Gasteiger partial charge in [0.25, 0.3) is 0 Å². The second-order valence-electron chi connectivity index (χ2n) is 5.94. The molecule has 6 heteroatoms. The van der Waals surface area contributed by atoms with Crippen LogP contribution in [0.25, 0.3) is 0 Å². The van der Waals surface area contributed by atoms with Crippen LogP contribution in [0.1, 0.15) is 22.4 Å². The van der Waals surface area contributed by atoms with E-state index in [1.54, 1.807) is 29.2 Å². The summed E-state index contributed by atoms with van der Waals surface area (Å²) in [6.45, 7) is 3.13. The molecular formula is C17H18N2O3S. The van der Waals surface area contributed by atoms with Crippen molar-refractivity contribution in [2.24, 2.45) is 0 Å². The standard InChI is InChI=1S/C17H18N2O3S/c1-12-7-14-10-19(11-15(14)9-18-12)17(20)8-13-3-5-16(6-4-13)23(2,21)22/h3-7,9H,8,10-11H2,1-2H3. The molecule has 0 bridgehead atoms. The molecule has 120 valence electrons. The fourth-order valence-corrected chi connectivity index (χ4v) is 3.35. The van der Waals surface area contributed by atoms with Gasteiger partial charge in [-0.15, -0.1) is 0 Å². The van der Waals surface area contributed by atoms with Gasteiger partial charge in [0.05, 0.1) is 11.3 Å². The number of carbonyl (C=O) groups excluding carboxylic acids is 1. The van der Waals surface area contributed by atoms with Gasteiger partial charge in [-0.25, -0.2) is 8.42 Å². The van der Waals surface area contributed by atoms with Crippen molar-refractivity contribution in [3.05, 3.63) is 58.9 Å². The van der Waals surface area contributed by atoms with Crippen LogP contribution in [0.3, 0.4) is 0 Å². The molecule has 3 rings (SSSR count). The van der Waals surface area contributed by atoms with Gasteiger partial charge in [0, 0.05) is 31.2 Å². The summed E-state index contributed by atoms with van der Waals surface area (Å²) in [6, 6.07) is 8.50. The Balaban J connectivity index is 1.69. The monoisotopic (exact) mass is 330 g/mol. The summed E-state index contributed by atoms with van der Waals surface area (Å²) < 4.78 is 22.9. The highest BCUT2D eigenvalue weighted by Gasteiger charge is 2.23. The van der Waals surface area contributed by atoms with Gasteiger partial charge in [0.2, 0.25) is 5.91 Å². The Morgan fingerprint density at radius 1 is 1.17 bits per heavy atom. The van der Waals surface area contributed by atoms with Crippen LogP contribution in [-0.4, -0.2) is 30.5 Å². The summed E-state index contributed by atoms with van der Waals surface area (Å²) in [5, 5.41) is 0. The zero-order chi connectivity index (χ0) is 16.6. The van der Waals surface area contributed by atoms with E-state index in [2.05, 4.69) is 4.98 Å². The highest BCUT2D eigenvalue weighted by atomic mass is 32.2. The molecule has 2 heterocycles. The molecule has 0 N–H and O–H groups in total. The van der Waals surface area contributed by atoms with Crippen molar-refractivity contribution in [2.45, 2.75) is 31.3 Å². The fourth-order valence-electron chi connectivity index (χ4n) is 2.72. The lowest BCUT2D eigenvalue weighted by Crippen LogP contribution is -2.26. The fraction of sp³-hybridized carbons (Fsp3) is 0.294. The second-order valence-corrected chi connectivity index (χ2v) is 7.95. The van der Waals surface area contributed by atoms with Crippen molar-refractivity contribution in [2.75, 3.05) is 6.26 Å². The molecule has 1 aliphatic rings. The van der Waals surface area contributed by atoms with Crippen molar-refractivity contribution in [1.29, 1.82) is 0 Å². The number of hydrogen-bond donors (Lipinski definition) is 0. The molecule has 0 saturated carbocycles. The van der Waals surface area contributed by atoms with Crippen molar-refractivity contribution < 1.29 is 13.2 Å².